The molecule has 1 atom stereocenters. The van der Waals surface area contributed by atoms with Gasteiger partial charge in [-0.25, -0.2) is 9.78 Å². The Kier molecular flexibility index (Phi) is 3.67. The normalized spacial score (nSPS) is 19.1. The molecular weight excluding hydrogens is 290 g/mol. The lowest BCUT2D eigenvalue weighted by Gasteiger charge is -2.32. The third-order valence-corrected chi connectivity index (χ3v) is 4.73. The molecule has 0 spiro atoms. The third-order valence-electron chi connectivity index (χ3n) is 3.84. The van der Waals surface area contributed by atoms with Crippen LogP contribution in [0.4, 0.5) is 0 Å². The Morgan fingerprint density at radius 2 is 2.29 bits per heavy atom. The van der Waals surface area contributed by atoms with Gasteiger partial charge in [0.2, 0.25) is 5.91 Å². The molecule has 0 radical (unpaired) electrons. The number of carboxylic acid groups (broad SMARTS) is 1. The van der Waals surface area contributed by atoms with Crippen LogP contribution in [0.1, 0.15) is 30.7 Å². The number of amides is 1. The summed E-state index contributed by atoms with van der Waals surface area (Å²) in [7, 11) is 0. The lowest BCUT2D eigenvalue weighted by atomic mass is 10.0. The molecule has 1 aliphatic rings. The van der Waals surface area contributed by atoms with E-state index < -0.39 is 12.0 Å². The first kappa shape index (κ1) is 14.1. The summed E-state index contributed by atoms with van der Waals surface area (Å²) in [5.41, 5.74) is 1.78. The molecule has 21 heavy (non-hydrogen) atoms. The third kappa shape index (κ3) is 2.65. The fourth-order valence-electron chi connectivity index (χ4n) is 2.81. The van der Waals surface area contributed by atoms with E-state index in [1.165, 1.54) is 16.2 Å². The van der Waals surface area contributed by atoms with Gasteiger partial charge in [0.05, 0.1) is 12.1 Å². The van der Waals surface area contributed by atoms with Crippen molar-refractivity contribution in [1.82, 2.24) is 14.3 Å². The van der Waals surface area contributed by atoms with Crippen molar-refractivity contribution in [2.45, 2.75) is 38.6 Å². The Hall–Kier alpha value is -1.89. The van der Waals surface area contributed by atoms with E-state index in [0.29, 0.717) is 13.0 Å². The van der Waals surface area contributed by atoms with Crippen LogP contribution >= 0.6 is 11.3 Å². The minimum atomic E-state index is -0.906. The van der Waals surface area contributed by atoms with Crippen LogP contribution in [0.5, 0.6) is 0 Å². The number of imidazole rings is 1. The maximum Gasteiger partial charge on any atom is 0.326 e. The summed E-state index contributed by atoms with van der Waals surface area (Å²) in [5.74, 6) is -1.02. The molecule has 3 rings (SSSR count). The molecule has 2 aromatic rings. The van der Waals surface area contributed by atoms with Crippen molar-refractivity contribution in [3.8, 4) is 0 Å². The Morgan fingerprint density at radius 1 is 1.48 bits per heavy atom. The van der Waals surface area contributed by atoms with Gasteiger partial charge >= 0.3 is 5.97 Å². The van der Waals surface area contributed by atoms with E-state index in [2.05, 4.69) is 4.98 Å². The average molecular weight is 307 g/mol. The van der Waals surface area contributed by atoms with Crippen LogP contribution in [0.25, 0.3) is 4.96 Å². The monoisotopic (exact) mass is 307 g/mol. The summed E-state index contributed by atoms with van der Waals surface area (Å²) >= 11 is 1.50. The number of likely N-dealkylation sites (tertiary alicyclic amines) is 1. The molecule has 3 heterocycles. The number of hydrogen-bond donors (Lipinski definition) is 1. The largest absolute Gasteiger partial charge is 0.480 e. The first-order chi connectivity index (χ1) is 10.1. The molecule has 1 N–H and O–H groups in total. The highest BCUT2D eigenvalue weighted by Gasteiger charge is 2.32. The van der Waals surface area contributed by atoms with Gasteiger partial charge in [0, 0.05) is 23.8 Å². The van der Waals surface area contributed by atoms with Gasteiger partial charge in [0.25, 0.3) is 0 Å². The molecule has 0 aromatic carbocycles. The van der Waals surface area contributed by atoms with Crippen molar-refractivity contribution in [2.75, 3.05) is 6.54 Å². The zero-order valence-corrected chi connectivity index (χ0v) is 12.6. The molecule has 1 fully saturated rings. The molecule has 0 aliphatic carbocycles. The van der Waals surface area contributed by atoms with Crippen LogP contribution in [0, 0.1) is 6.92 Å². The number of piperidine rings is 1. The zero-order valence-electron chi connectivity index (χ0n) is 11.8. The minimum absolute atomic E-state index is 0.117. The van der Waals surface area contributed by atoms with Crippen molar-refractivity contribution in [1.29, 1.82) is 0 Å². The fraction of sp³-hybridized carbons (Fsp3) is 0.500. The molecule has 1 aliphatic heterocycles. The number of aliphatic carboxylic acids is 1. The second-order valence-corrected chi connectivity index (χ2v) is 6.21. The number of hydrogen-bond acceptors (Lipinski definition) is 4. The highest BCUT2D eigenvalue weighted by molar-refractivity contribution is 7.15. The van der Waals surface area contributed by atoms with Crippen LogP contribution in [0.15, 0.2) is 11.6 Å². The number of carbonyl (C=O) groups excluding carboxylic acids is 1. The van der Waals surface area contributed by atoms with E-state index in [-0.39, 0.29) is 12.3 Å². The maximum absolute atomic E-state index is 12.5. The molecule has 6 nitrogen and oxygen atoms in total. The summed E-state index contributed by atoms with van der Waals surface area (Å²) in [6, 6.07) is -0.676. The maximum atomic E-state index is 12.5. The standard InChI is InChI=1S/C14H17N3O3S/c1-9-7-17-10(8-21-14(17)15-9)6-12(18)16-5-3-2-4-11(16)13(19)20/h7-8,11H,2-6H2,1H3,(H,19,20)/t11-/m0/s1. The van der Waals surface area contributed by atoms with Crippen LogP contribution in [0.2, 0.25) is 0 Å². The van der Waals surface area contributed by atoms with Crippen molar-refractivity contribution in [2.24, 2.45) is 0 Å². The Labute approximate surface area is 126 Å². The number of carboxylic acids is 1. The van der Waals surface area contributed by atoms with Gasteiger partial charge in [0.1, 0.15) is 6.04 Å². The predicted molar refractivity (Wildman–Crippen MR) is 78.5 cm³/mol. The average Bonchev–Trinajstić information content (AvgIpc) is 2.99. The van der Waals surface area contributed by atoms with Gasteiger partial charge in [-0.05, 0) is 26.2 Å². The lowest BCUT2D eigenvalue weighted by molar-refractivity contribution is -0.151. The van der Waals surface area contributed by atoms with Gasteiger partial charge < -0.3 is 10.0 Å². The summed E-state index contributed by atoms with van der Waals surface area (Å²) < 4.78 is 1.91. The molecule has 2 aromatic heterocycles. The van der Waals surface area contributed by atoms with E-state index in [9.17, 15) is 14.7 Å². The minimum Gasteiger partial charge on any atom is -0.480 e. The Balaban J connectivity index is 1.80. The molecule has 0 unspecified atom stereocenters. The van der Waals surface area contributed by atoms with E-state index in [4.69, 9.17) is 0 Å². The van der Waals surface area contributed by atoms with E-state index in [1.807, 2.05) is 22.9 Å². The molecule has 1 saturated heterocycles. The molecule has 0 bridgehead atoms. The lowest BCUT2D eigenvalue weighted by Crippen LogP contribution is -2.48. The van der Waals surface area contributed by atoms with Crippen molar-refractivity contribution in [3.05, 3.63) is 23.0 Å². The number of carbonyl (C=O) groups is 2. The zero-order chi connectivity index (χ0) is 15.0. The predicted octanol–water partition coefficient (Wildman–Crippen LogP) is 1.71. The number of thiazole rings is 1. The SMILES string of the molecule is Cc1cn2c(CC(=O)N3CCCC[C@H]3C(=O)O)csc2n1. The number of aromatic nitrogens is 2. The van der Waals surface area contributed by atoms with Crippen LogP contribution in [-0.4, -0.2) is 43.9 Å². The van der Waals surface area contributed by atoms with Crippen molar-refractivity contribution >= 4 is 28.2 Å². The molecule has 112 valence electrons. The quantitative estimate of drug-likeness (QED) is 0.937. The van der Waals surface area contributed by atoms with Crippen molar-refractivity contribution < 1.29 is 14.7 Å². The highest BCUT2D eigenvalue weighted by Crippen LogP contribution is 2.21. The van der Waals surface area contributed by atoms with Gasteiger partial charge in [-0.15, -0.1) is 11.3 Å². The summed E-state index contributed by atoms with van der Waals surface area (Å²) in [4.78, 5) is 30.5. The molecule has 1 amide bonds. The van der Waals surface area contributed by atoms with Gasteiger partial charge in [-0.3, -0.25) is 9.20 Å². The number of aryl methyl sites for hydroxylation is 1. The highest BCUT2D eigenvalue weighted by atomic mass is 32.1. The van der Waals surface area contributed by atoms with Gasteiger partial charge in [-0.1, -0.05) is 0 Å². The summed E-state index contributed by atoms with van der Waals surface area (Å²) in [5, 5.41) is 11.2. The fourth-order valence-corrected chi connectivity index (χ4v) is 3.73. The number of nitrogens with zero attached hydrogens (tertiary/aromatic N) is 3. The second-order valence-electron chi connectivity index (χ2n) is 5.38. The molecule has 7 heteroatoms. The van der Waals surface area contributed by atoms with Crippen molar-refractivity contribution in [3.63, 3.8) is 0 Å². The topological polar surface area (TPSA) is 74.9 Å². The Bertz CT molecular complexity index is 691. The van der Waals surface area contributed by atoms with E-state index >= 15 is 0 Å². The summed E-state index contributed by atoms with van der Waals surface area (Å²) in [6.45, 7) is 2.45. The number of rotatable bonds is 3. The smallest absolute Gasteiger partial charge is 0.326 e. The van der Waals surface area contributed by atoms with Crippen LogP contribution in [-0.2, 0) is 16.0 Å². The first-order valence-corrected chi connectivity index (χ1v) is 7.88. The van der Waals surface area contributed by atoms with E-state index in [0.717, 1.165) is 29.2 Å². The second kappa shape index (κ2) is 5.48. The van der Waals surface area contributed by atoms with Crippen LogP contribution in [0.3, 0.4) is 0 Å². The molecule has 0 saturated carbocycles. The van der Waals surface area contributed by atoms with Gasteiger partial charge in [-0.2, -0.15) is 0 Å². The van der Waals surface area contributed by atoms with E-state index in [1.54, 1.807) is 0 Å². The molecular formula is C14H17N3O3S. The van der Waals surface area contributed by atoms with Gasteiger partial charge in [0.15, 0.2) is 4.96 Å². The number of fused-ring (bicyclic) bond motifs is 1. The van der Waals surface area contributed by atoms with Crippen LogP contribution < -0.4 is 0 Å². The summed E-state index contributed by atoms with van der Waals surface area (Å²) in [6.07, 6.45) is 4.41. The first-order valence-electron chi connectivity index (χ1n) is 7.00. The Morgan fingerprint density at radius 3 is 3.05 bits per heavy atom.